The van der Waals surface area contributed by atoms with E-state index in [9.17, 15) is 0 Å². The van der Waals surface area contributed by atoms with Gasteiger partial charge >= 0.3 is 0 Å². The van der Waals surface area contributed by atoms with E-state index in [-0.39, 0.29) is 5.66 Å². The predicted octanol–water partition coefficient (Wildman–Crippen LogP) is 4.24. The van der Waals surface area contributed by atoms with E-state index in [2.05, 4.69) is 74.1 Å². The molecular weight excluding hydrogens is 232 g/mol. The van der Waals surface area contributed by atoms with Crippen molar-refractivity contribution in [2.45, 2.75) is 32.4 Å². The molecule has 0 fully saturated rings. The summed E-state index contributed by atoms with van der Waals surface area (Å²) in [7, 11) is 4.44. The SMILES string of the molecule is CCCC1(C)N(C)c2cccc3cccc(c23)N1C. The van der Waals surface area contributed by atoms with Gasteiger partial charge in [0.15, 0.2) is 0 Å². The Balaban J connectivity index is 2.30. The molecule has 1 aliphatic heterocycles. The van der Waals surface area contributed by atoms with E-state index in [0.717, 1.165) is 6.42 Å². The highest BCUT2D eigenvalue weighted by Crippen LogP contribution is 2.45. The molecule has 0 saturated heterocycles. The maximum atomic E-state index is 2.44. The summed E-state index contributed by atoms with van der Waals surface area (Å²) in [5, 5.41) is 2.70. The van der Waals surface area contributed by atoms with Gasteiger partial charge in [-0.05, 0) is 30.9 Å². The Morgan fingerprint density at radius 2 is 1.47 bits per heavy atom. The van der Waals surface area contributed by atoms with Gasteiger partial charge in [0.05, 0.1) is 0 Å². The second-order valence-electron chi connectivity index (χ2n) is 5.74. The van der Waals surface area contributed by atoms with Gasteiger partial charge in [-0.3, -0.25) is 0 Å². The zero-order chi connectivity index (χ0) is 13.6. The van der Waals surface area contributed by atoms with Crippen LogP contribution in [0.25, 0.3) is 10.8 Å². The first kappa shape index (κ1) is 12.3. The smallest absolute Gasteiger partial charge is 0.109 e. The lowest BCUT2D eigenvalue weighted by atomic mass is 9.94. The average Bonchev–Trinajstić information content (AvgIpc) is 2.43. The Morgan fingerprint density at radius 1 is 0.947 bits per heavy atom. The van der Waals surface area contributed by atoms with Crippen molar-refractivity contribution in [2.75, 3.05) is 23.9 Å². The molecule has 0 aliphatic carbocycles. The van der Waals surface area contributed by atoms with Gasteiger partial charge in [0, 0.05) is 30.9 Å². The van der Waals surface area contributed by atoms with Crippen LogP contribution in [0.2, 0.25) is 0 Å². The fourth-order valence-electron chi connectivity index (χ4n) is 3.41. The highest BCUT2D eigenvalue weighted by atomic mass is 15.4. The summed E-state index contributed by atoms with van der Waals surface area (Å²) >= 11 is 0. The lowest BCUT2D eigenvalue weighted by Gasteiger charge is -2.52. The van der Waals surface area contributed by atoms with Gasteiger partial charge in [-0.1, -0.05) is 37.6 Å². The van der Waals surface area contributed by atoms with Crippen LogP contribution in [-0.2, 0) is 0 Å². The second-order valence-corrected chi connectivity index (χ2v) is 5.74. The van der Waals surface area contributed by atoms with Crippen molar-refractivity contribution in [1.29, 1.82) is 0 Å². The summed E-state index contributed by atoms with van der Waals surface area (Å²) in [6.45, 7) is 4.60. The lowest BCUT2D eigenvalue weighted by molar-refractivity contribution is 0.396. The normalized spacial score (nSPS) is 17.1. The zero-order valence-electron chi connectivity index (χ0n) is 12.3. The summed E-state index contributed by atoms with van der Waals surface area (Å²) in [5.41, 5.74) is 2.75. The van der Waals surface area contributed by atoms with Crippen LogP contribution in [0.5, 0.6) is 0 Å². The van der Waals surface area contributed by atoms with Crippen molar-refractivity contribution >= 4 is 22.1 Å². The summed E-state index contributed by atoms with van der Waals surface area (Å²) < 4.78 is 0. The third-order valence-corrected chi connectivity index (χ3v) is 4.75. The van der Waals surface area contributed by atoms with Gasteiger partial charge in [-0.15, -0.1) is 0 Å². The Morgan fingerprint density at radius 3 is 1.95 bits per heavy atom. The van der Waals surface area contributed by atoms with Gasteiger partial charge in [-0.2, -0.15) is 0 Å². The van der Waals surface area contributed by atoms with Crippen LogP contribution >= 0.6 is 0 Å². The van der Waals surface area contributed by atoms with Crippen LogP contribution < -0.4 is 9.80 Å². The number of rotatable bonds is 2. The number of anilines is 2. The number of nitrogens with zero attached hydrogens (tertiary/aromatic N) is 2. The Hall–Kier alpha value is -1.70. The Kier molecular flexibility index (Phi) is 2.70. The van der Waals surface area contributed by atoms with Crippen molar-refractivity contribution in [2.24, 2.45) is 0 Å². The quantitative estimate of drug-likeness (QED) is 0.791. The molecule has 2 nitrogen and oxygen atoms in total. The molecule has 2 heteroatoms. The monoisotopic (exact) mass is 254 g/mol. The van der Waals surface area contributed by atoms with Gasteiger partial charge < -0.3 is 9.80 Å². The molecule has 1 heterocycles. The van der Waals surface area contributed by atoms with Crippen molar-refractivity contribution in [3.05, 3.63) is 36.4 Å². The van der Waals surface area contributed by atoms with E-state index >= 15 is 0 Å². The van der Waals surface area contributed by atoms with Crippen LogP contribution in [-0.4, -0.2) is 19.8 Å². The number of benzene rings is 2. The fraction of sp³-hybridized carbons (Fsp3) is 0.412. The topological polar surface area (TPSA) is 6.48 Å². The van der Waals surface area contributed by atoms with E-state index in [1.807, 2.05) is 0 Å². The Labute approximate surface area is 115 Å². The van der Waals surface area contributed by atoms with Crippen LogP contribution in [0.1, 0.15) is 26.7 Å². The maximum Gasteiger partial charge on any atom is 0.109 e. The molecule has 100 valence electrons. The van der Waals surface area contributed by atoms with Crippen molar-refractivity contribution < 1.29 is 0 Å². The maximum absolute atomic E-state index is 2.44. The lowest BCUT2D eigenvalue weighted by Crippen LogP contribution is -2.58. The van der Waals surface area contributed by atoms with Crippen LogP contribution in [0, 0.1) is 0 Å². The molecule has 0 radical (unpaired) electrons. The van der Waals surface area contributed by atoms with E-state index in [1.54, 1.807) is 0 Å². The summed E-state index contributed by atoms with van der Waals surface area (Å²) in [6.07, 6.45) is 2.34. The molecular formula is C17H22N2. The predicted molar refractivity (Wildman–Crippen MR) is 84.1 cm³/mol. The summed E-state index contributed by atoms with van der Waals surface area (Å²) in [5.74, 6) is 0. The Bertz CT molecular complexity index is 573. The number of hydrogen-bond donors (Lipinski definition) is 0. The fourth-order valence-corrected chi connectivity index (χ4v) is 3.41. The minimum Gasteiger partial charge on any atom is -0.351 e. The van der Waals surface area contributed by atoms with Crippen molar-refractivity contribution in [1.82, 2.24) is 0 Å². The molecule has 0 spiro atoms. The third kappa shape index (κ3) is 1.55. The minimum absolute atomic E-state index is 0.0530. The molecule has 2 aromatic rings. The van der Waals surface area contributed by atoms with Crippen LogP contribution in [0.4, 0.5) is 11.4 Å². The molecule has 19 heavy (non-hydrogen) atoms. The average molecular weight is 254 g/mol. The second kappa shape index (κ2) is 4.16. The minimum atomic E-state index is 0.0530. The number of hydrogen-bond acceptors (Lipinski definition) is 2. The summed E-state index contributed by atoms with van der Waals surface area (Å²) in [4.78, 5) is 4.87. The van der Waals surface area contributed by atoms with Crippen LogP contribution in [0.3, 0.4) is 0 Å². The highest BCUT2D eigenvalue weighted by Gasteiger charge is 2.38. The molecule has 1 aliphatic rings. The highest BCUT2D eigenvalue weighted by molar-refractivity contribution is 6.05. The molecule has 0 atom stereocenters. The molecule has 2 aromatic carbocycles. The molecule has 0 N–H and O–H groups in total. The van der Waals surface area contributed by atoms with Gasteiger partial charge in [0.25, 0.3) is 0 Å². The van der Waals surface area contributed by atoms with Crippen molar-refractivity contribution in [3.8, 4) is 0 Å². The molecule has 0 saturated carbocycles. The first-order chi connectivity index (χ1) is 9.09. The van der Waals surface area contributed by atoms with Gasteiger partial charge in [0.2, 0.25) is 0 Å². The first-order valence-corrected chi connectivity index (χ1v) is 7.09. The third-order valence-electron chi connectivity index (χ3n) is 4.75. The largest absolute Gasteiger partial charge is 0.351 e. The van der Waals surface area contributed by atoms with E-state index < -0.39 is 0 Å². The molecule has 0 unspecified atom stereocenters. The van der Waals surface area contributed by atoms with E-state index in [1.165, 1.54) is 28.6 Å². The van der Waals surface area contributed by atoms with E-state index in [4.69, 9.17) is 0 Å². The van der Waals surface area contributed by atoms with Gasteiger partial charge in [0.1, 0.15) is 5.66 Å². The standard InChI is InChI=1S/C17H22N2/c1-5-12-17(2)18(3)14-10-6-8-13-9-7-11-15(16(13)14)19(17)4/h6-11H,5,12H2,1-4H3. The zero-order valence-corrected chi connectivity index (χ0v) is 12.3. The first-order valence-electron chi connectivity index (χ1n) is 7.09. The molecule has 0 bridgehead atoms. The molecule has 0 amide bonds. The van der Waals surface area contributed by atoms with Crippen LogP contribution in [0.15, 0.2) is 36.4 Å². The molecule has 3 rings (SSSR count). The summed E-state index contributed by atoms with van der Waals surface area (Å²) in [6, 6.07) is 13.2. The molecule has 0 aromatic heterocycles. The van der Waals surface area contributed by atoms with Gasteiger partial charge in [-0.25, -0.2) is 0 Å². The van der Waals surface area contributed by atoms with Crippen molar-refractivity contribution in [3.63, 3.8) is 0 Å². The van der Waals surface area contributed by atoms with E-state index in [0.29, 0.717) is 0 Å².